The first-order valence-electron chi connectivity index (χ1n) is 14.7. The molecule has 0 radical (unpaired) electrons. The smallest absolute Gasteiger partial charge is 0.307 e. The molecule has 1 fully saturated rings. The summed E-state index contributed by atoms with van der Waals surface area (Å²) in [6.45, 7) is 10.8. The maximum Gasteiger partial charge on any atom is 0.307 e. The van der Waals surface area contributed by atoms with Gasteiger partial charge in [0.05, 0.1) is 6.42 Å². The summed E-state index contributed by atoms with van der Waals surface area (Å²) >= 11 is 6.06. The second kappa shape index (κ2) is 13.7. The quantitative estimate of drug-likeness (QED) is 0.252. The SMILES string of the molecule is CC(C)(C)OC(=O)CC(C)(CCCN1CCC(NC(=O)c2ccccc2-c2ccc(Cl)cc2)CC1)c1ccccc1. The number of likely N-dealkylation sites (tertiary alicyclic amines) is 1. The second-order valence-corrected chi connectivity index (χ2v) is 12.9. The van der Waals surface area contributed by atoms with Crippen LogP contribution in [-0.4, -0.2) is 48.1 Å². The predicted octanol–water partition coefficient (Wildman–Crippen LogP) is 7.67. The fourth-order valence-corrected chi connectivity index (χ4v) is 5.82. The third-order valence-corrected chi connectivity index (χ3v) is 8.13. The fourth-order valence-electron chi connectivity index (χ4n) is 5.69. The number of hydrogen-bond donors (Lipinski definition) is 1. The Morgan fingerprint density at radius 3 is 2.20 bits per heavy atom. The molecule has 0 aliphatic carbocycles. The Hall–Kier alpha value is -3.15. The largest absolute Gasteiger partial charge is 0.460 e. The number of benzene rings is 3. The summed E-state index contributed by atoms with van der Waals surface area (Å²) in [5.41, 5.74) is 2.96. The topological polar surface area (TPSA) is 58.6 Å². The van der Waals surface area contributed by atoms with E-state index in [1.54, 1.807) is 0 Å². The zero-order valence-electron chi connectivity index (χ0n) is 24.8. The van der Waals surface area contributed by atoms with Crippen LogP contribution in [0.3, 0.4) is 0 Å². The molecule has 0 aromatic heterocycles. The van der Waals surface area contributed by atoms with Crippen molar-refractivity contribution in [3.63, 3.8) is 0 Å². The van der Waals surface area contributed by atoms with Gasteiger partial charge in [-0.3, -0.25) is 9.59 Å². The van der Waals surface area contributed by atoms with Gasteiger partial charge in [-0.05, 0) is 87.9 Å². The van der Waals surface area contributed by atoms with Crippen LogP contribution in [0.25, 0.3) is 11.1 Å². The lowest BCUT2D eigenvalue weighted by Crippen LogP contribution is -2.45. The first-order valence-corrected chi connectivity index (χ1v) is 15.1. The van der Waals surface area contributed by atoms with Gasteiger partial charge < -0.3 is 15.0 Å². The molecule has 6 heteroatoms. The predicted molar refractivity (Wildman–Crippen MR) is 167 cm³/mol. The molecule has 1 N–H and O–H groups in total. The summed E-state index contributed by atoms with van der Waals surface area (Å²) in [6.07, 6.45) is 4.08. The standard InChI is InChI=1S/C35H43ClN2O3/c1-34(2,3)41-32(39)25-35(4,27-11-6-5-7-12-27)21-10-22-38-23-19-29(20-24-38)37-33(40)31-14-9-8-13-30(31)26-15-17-28(36)18-16-26/h5-9,11-18,29H,10,19-25H2,1-4H3,(H,37,40). The van der Waals surface area contributed by atoms with Crippen molar-refractivity contribution in [1.82, 2.24) is 10.2 Å². The molecule has 0 saturated carbocycles. The highest BCUT2D eigenvalue weighted by Crippen LogP contribution is 2.34. The summed E-state index contributed by atoms with van der Waals surface area (Å²) < 4.78 is 5.67. The molecular weight excluding hydrogens is 532 g/mol. The lowest BCUT2D eigenvalue weighted by Gasteiger charge is -2.34. The van der Waals surface area contributed by atoms with Crippen LogP contribution in [0.1, 0.15) is 75.7 Å². The second-order valence-electron chi connectivity index (χ2n) is 12.4. The van der Waals surface area contributed by atoms with Gasteiger partial charge in [-0.1, -0.05) is 79.2 Å². The Morgan fingerprint density at radius 1 is 0.902 bits per heavy atom. The minimum Gasteiger partial charge on any atom is -0.460 e. The third-order valence-electron chi connectivity index (χ3n) is 7.88. The number of amides is 1. The minimum absolute atomic E-state index is 0.0326. The number of carbonyl (C=O) groups excluding carboxylic acids is 2. The monoisotopic (exact) mass is 574 g/mol. The number of nitrogens with zero attached hydrogens (tertiary/aromatic N) is 1. The van der Waals surface area contributed by atoms with Crippen LogP contribution in [-0.2, 0) is 14.9 Å². The Morgan fingerprint density at radius 2 is 1.54 bits per heavy atom. The molecule has 1 saturated heterocycles. The molecule has 4 rings (SSSR count). The molecule has 5 nitrogen and oxygen atoms in total. The maximum absolute atomic E-state index is 13.3. The molecular formula is C35H43ClN2O3. The molecule has 1 aliphatic heterocycles. The van der Waals surface area contributed by atoms with E-state index in [0.29, 0.717) is 17.0 Å². The van der Waals surface area contributed by atoms with Gasteiger partial charge in [0.15, 0.2) is 0 Å². The van der Waals surface area contributed by atoms with Crippen molar-refractivity contribution >= 4 is 23.5 Å². The Bertz CT molecular complexity index is 1290. The first-order chi connectivity index (χ1) is 19.5. The third kappa shape index (κ3) is 8.92. The number of rotatable bonds is 10. The van der Waals surface area contributed by atoms with E-state index < -0.39 is 5.60 Å². The van der Waals surface area contributed by atoms with Crippen molar-refractivity contribution in [3.05, 3.63) is 95.0 Å². The van der Waals surface area contributed by atoms with E-state index in [0.717, 1.165) is 56.4 Å². The molecule has 1 aliphatic rings. The molecule has 1 heterocycles. The van der Waals surface area contributed by atoms with Gasteiger partial charge in [0.2, 0.25) is 0 Å². The normalized spacial score (nSPS) is 16.1. The zero-order valence-corrected chi connectivity index (χ0v) is 25.5. The van der Waals surface area contributed by atoms with Gasteiger partial charge in [-0.2, -0.15) is 0 Å². The van der Waals surface area contributed by atoms with Gasteiger partial charge >= 0.3 is 5.97 Å². The summed E-state index contributed by atoms with van der Waals surface area (Å²) in [6, 6.07) is 25.8. The van der Waals surface area contributed by atoms with Crippen LogP contribution in [0, 0.1) is 0 Å². The highest BCUT2D eigenvalue weighted by molar-refractivity contribution is 6.30. The van der Waals surface area contributed by atoms with Crippen molar-refractivity contribution in [2.75, 3.05) is 19.6 Å². The van der Waals surface area contributed by atoms with E-state index in [1.807, 2.05) is 87.5 Å². The lowest BCUT2D eigenvalue weighted by molar-refractivity contribution is -0.156. The van der Waals surface area contributed by atoms with Gasteiger partial charge in [0.25, 0.3) is 5.91 Å². The highest BCUT2D eigenvalue weighted by Gasteiger charge is 2.32. The van der Waals surface area contributed by atoms with E-state index in [-0.39, 0.29) is 23.3 Å². The van der Waals surface area contributed by atoms with Crippen LogP contribution in [0.15, 0.2) is 78.9 Å². The number of esters is 1. The van der Waals surface area contributed by atoms with Crippen LogP contribution in [0.2, 0.25) is 5.02 Å². The maximum atomic E-state index is 13.3. The Kier molecular flexibility index (Phi) is 10.3. The van der Waals surface area contributed by atoms with Crippen molar-refractivity contribution in [2.24, 2.45) is 0 Å². The molecule has 3 aromatic rings. The van der Waals surface area contributed by atoms with E-state index >= 15 is 0 Å². The first kappa shape index (κ1) is 30.8. The van der Waals surface area contributed by atoms with Crippen molar-refractivity contribution in [3.8, 4) is 11.1 Å². The molecule has 218 valence electrons. The van der Waals surface area contributed by atoms with Crippen LogP contribution < -0.4 is 5.32 Å². The molecule has 0 spiro atoms. The van der Waals surface area contributed by atoms with Crippen molar-refractivity contribution < 1.29 is 14.3 Å². The molecule has 1 amide bonds. The van der Waals surface area contributed by atoms with Gasteiger partial charge in [-0.25, -0.2) is 0 Å². The van der Waals surface area contributed by atoms with Gasteiger partial charge in [-0.15, -0.1) is 0 Å². The average molecular weight is 575 g/mol. The number of nitrogens with one attached hydrogen (secondary N) is 1. The van der Waals surface area contributed by atoms with Crippen LogP contribution in [0.4, 0.5) is 0 Å². The Balaban J connectivity index is 1.29. The average Bonchev–Trinajstić information content (AvgIpc) is 2.94. The molecule has 0 bridgehead atoms. The van der Waals surface area contributed by atoms with E-state index in [2.05, 4.69) is 29.3 Å². The highest BCUT2D eigenvalue weighted by atomic mass is 35.5. The van der Waals surface area contributed by atoms with Crippen LogP contribution in [0.5, 0.6) is 0 Å². The molecule has 3 aromatic carbocycles. The van der Waals surface area contributed by atoms with E-state index in [1.165, 1.54) is 5.56 Å². The number of ether oxygens (including phenoxy) is 1. The number of carbonyl (C=O) groups is 2. The Labute approximate surface area is 250 Å². The summed E-state index contributed by atoms with van der Waals surface area (Å²) in [5.74, 6) is -0.187. The van der Waals surface area contributed by atoms with Crippen molar-refractivity contribution in [2.45, 2.75) is 76.9 Å². The summed E-state index contributed by atoms with van der Waals surface area (Å²) in [4.78, 5) is 28.5. The number of hydrogen-bond acceptors (Lipinski definition) is 4. The number of piperidine rings is 1. The molecule has 1 unspecified atom stereocenters. The molecule has 41 heavy (non-hydrogen) atoms. The van der Waals surface area contributed by atoms with E-state index in [4.69, 9.17) is 16.3 Å². The van der Waals surface area contributed by atoms with Gasteiger partial charge in [0.1, 0.15) is 5.60 Å². The van der Waals surface area contributed by atoms with Crippen molar-refractivity contribution in [1.29, 1.82) is 0 Å². The summed E-state index contributed by atoms with van der Waals surface area (Å²) in [5, 5.41) is 3.95. The summed E-state index contributed by atoms with van der Waals surface area (Å²) in [7, 11) is 0. The zero-order chi connectivity index (χ0) is 29.5. The van der Waals surface area contributed by atoms with Crippen LogP contribution >= 0.6 is 11.6 Å². The number of halogens is 1. The van der Waals surface area contributed by atoms with E-state index in [9.17, 15) is 9.59 Å². The minimum atomic E-state index is -0.494. The fraction of sp³-hybridized carbons (Fsp3) is 0.429. The van der Waals surface area contributed by atoms with Gasteiger partial charge in [0, 0.05) is 35.1 Å². The molecule has 1 atom stereocenters. The lowest BCUT2D eigenvalue weighted by atomic mass is 9.75.